The maximum atomic E-state index is 13.2. The summed E-state index contributed by atoms with van der Waals surface area (Å²) in [6, 6.07) is 7.75. The smallest absolute Gasteiger partial charge is 0.312 e. The molecule has 28 heavy (non-hydrogen) atoms. The molecule has 3 rings (SSSR count). The van der Waals surface area contributed by atoms with Gasteiger partial charge < -0.3 is 4.74 Å². The summed E-state index contributed by atoms with van der Waals surface area (Å²) >= 11 is 0. The van der Waals surface area contributed by atoms with E-state index in [0.717, 1.165) is 16.6 Å². The van der Waals surface area contributed by atoms with Gasteiger partial charge in [0.1, 0.15) is 0 Å². The third-order valence-electron chi connectivity index (χ3n) is 4.49. The summed E-state index contributed by atoms with van der Waals surface area (Å²) in [6.45, 7) is 0.188. The molecule has 2 aromatic rings. The molecule has 0 spiro atoms. The van der Waals surface area contributed by atoms with Gasteiger partial charge in [0.15, 0.2) is 15.6 Å². The van der Waals surface area contributed by atoms with Crippen molar-refractivity contribution in [1.82, 2.24) is 0 Å². The maximum Gasteiger partial charge on any atom is 0.312 e. The molecule has 1 heterocycles. The minimum absolute atomic E-state index is 0.0409. The SMILES string of the molecule is COc1ccc(S(=O)(=O)N2CCCc3cc(S(C)(=O)=O)ccc32)cc1[N+](=O)[O-]. The Morgan fingerprint density at radius 1 is 1.07 bits per heavy atom. The van der Waals surface area contributed by atoms with Crippen molar-refractivity contribution in [3.05, 3.63) is 52.1 Å². The summed E-state index contributed by atoms with van der Waals surface area (Å²) in [5.74, 6) is -0.0409. The number of hydrogen-bond acceptors (Lipinski definition) is 7. The largest absolute Gasteiger partial charge is 0.490 e. The first kappa shape index (κ1) is 20.1. The molecular formula is C17H18N2O7S2. The Balaban J connectivity index is 2.10. The van der Waals surface area contributed by atoms with Crippen LogP contribution in [0.2, 0.25) is 0 Å². The number of methoxy groups -OCH3 is 1. The molecule has 0 fully saturated rings. The van der Waals surface area contributed by atoms with Crippen LogP contribution in [0.1, 0.15) is 12.0 Å². The van der Waals surface area contributed by atoms with Gasteiger partial charge in [-0.2, -0.15) is 0 Å². The maximum absolute atomic E-state index is 13.2. The summed E-state index contributed by atoms with van der Waals surface area (Å²) in [4.78, 5) is 10.4. The predicted octanol–water partition coefficient (Wildman–Crippen LogP) is 2.15. The van der Waals surface area contributed by atoms with Gasteiger partial charge in [-0.1, -0.05) is 0 Å². The normalized spacial score (nSPS) is 14.4. The van der Waals surface area contributed by atoms with Crippen molar-refractivity contribution in [3.8, 4) is 5.75 Å². The Morgan fingerprint density at radius 2 is 1.75 bits per heavy atom. The van der Waals surface area contributed by atoms with Gasteiger partial charge in [-0.25, -0.2) is 16.8 Å². The van der Waals surface area contributed by atoms with Crippen LogP contribution >= 0.6 is 0 Å². The lowest BCUT2D eigenvalue weighted by atomic mass is 10.0. The van der Waals surface area contributed by atoms with E-state index in [0.29, 0.717) is 24.1 Å². The number of nitrogens with zero attached hydrogens (tertiary/aromatic N) is 2. The molecule has 0 unspecified atom stereocenters. The van der Waals surface area contributed by atoms with Crippen LogP contribution in [-0.4, -0.2) is 41.7 Å². The lowest BCUT2D eigenvalue weighted by Gasteiger charge is -2.30. The molecule has 2 aromatic carbocycles. The van der Waals surface area contributed by atoms with Crippen molar-refractivity contribution in [2.24, 2.45) is 0 Å². The quantitative estimate of drug-likeness (QED) is 0.530. The summed E-state index contributed by atoms with van der Waals surface area (Å²) in [5, 5.41) is 11.2. The molecule has 0 saturated heterocycles. The molecular weight excluding hydrogens is 408 g/mol. The summed E-state index contributed by atoms with van der Waals surface area (Å²) in [7, 11) is -6.24. The Bertz CT molecular complexity index is 1160. The van der Waals surface area contributed by atoms with Gasteiger partial charge in [0.25, 0.3) is 10.0 Å². The lowest BCUT2D eigenvalue weighted by Crippen LogP contribution is -2.35. The highest BCUT2D eigenvalue weighted by molar-refractivity contribution is 7.92. The highest BCUT2D eigenvalue weighted by Gasteiger charge is 2.31. The second-order valence-corrected chi connectivity index (χ2v) is 10.2. The summed E-state index contributed by atoms with van der Waals surface area (Å²) < 4.78 is 55.9. The zero-order valence-electron chi connectivity index (χ0n) is 15.2. The van der Waals surface area contributed by atoms with Gasteiger partial charge >= 0.3 is 5.69 Å². The molecule has 9 nitrogen and oxygen atoms in total. The van der Waals surface area contributed by atoms with Crippen molar-refractivity contribution in [2.45, 2.75) is 22.6 Å². The van der Waals surface area contributed by atoms with Crippen LogP contribution in [0.25, 0.3) is 0 Å². The van der Waals surface area contributed by atoms with E-state index in [4.69, 9.17) is 4.74 Å². The monoisotopic (exact) mass is 426 g/mol. The summed E-state index contributed by atoms with van der Waals surface area (Å²) in [6.07, 6.45) is 2.12. The number of nitro benzene ring substituents is 1. The van der Waals surface area contributed by atoms with Gasteiger partial charge in [0.05, 0.1) is 27.5 Å². The number of rotatable bonds is 5. The second-order valence-electron chi connectivity index (χ2n) is 6.33. The molecule has 1 aliphatic heterocycles. The van der Waals surface area contributed by atoms with E-state index in [1.165, 1.54) is 37.4 Å². The minimum Gasteiger partial charge on any atom is -0.490 e. The minimum atomic E-state index is -4.08. The first-order chi connectivity index (χ1) is 13.1. The zero-order valence-corrected chi connectivity index (χ0v) is 16.8. The number of sulfone groups is 1. The average Bonchev–Trinajstić information content (AvgIpc) is 2.65. The first-order valence-corrected chi connectivity index (χ1v) is 11.6. The van der Waals surface area contributed by atoms with Crippen LogP contribution in [0.4, 0.5) is 11.4 Å². The van der Waals surface area contributed by atoms with Gasteiger partial charge in [-0.3, -0.25) is 14.4 Å². The number of sulfonamides is 1. The number of ether oxygens (including phenoxy) is 1. The van der Waals surface area contributed by atoms with Crippen molar-refractivity contribution < 1.29 is 26.5 Å². The second kappa shape index (κ2) is 7.06. The van der Waals surface area contributed by atoms with Crippen LogP contribution in [0.5, 0.6) is 5.75 Å². The van der Waals surface area contributed by atoms with Crippen molar-refractivity contribution in [1.29, 1.82) is 0 Å². The van der Waals surface area contributed by atoms with E-state index in [2.05, 4.69) is 0 Å². The van der Waals surface area contributed by atoms with Crippen molar-refractivity contribution in [3.63, 3.8) is 0 Å². The molecule has 0 aliphatic carbocycles. The van der Waals surface area contributed by atoms with Gasteiger partial charge in [-0.15, -0.1) is 0 Å². The van der Waals surface area contributed by atoms with E-state index in [1.807, 2.05) is 0 Å². The topological polar surface area (TPSA) is 124 Å². The lowest BCUT2D eigenvalue weighted by molar-refractivity contribution is -0.386. The van der Waals surface area contributed by atoms with E-state index < -0.39 is 30.5 Å². The molecule has 0 amide bonds. The van der Waals surface area contributed by atoms with Crippen molar-refractivity contribution >= 4 is 31.2 Å². The summed E-state index contributed by atoms with van der Waals surface area (Å²) in [5.41, 5.74) is 0.520. The number of benzene rings is 2. The molecule has 0 bridgehead atoms. The average molecular weight is 426 g/mol. The van der Waals surface area contributed by atoms with Crippen molar-refractivity contribution in [2.75, 3.05) is 24.2 Å². The Kier molecular flexibility index (Phi) is 5.06. The number of fused-ring (bicyclic) bond motifs is 1. The third-order valence-corrected chi connectivity index (χ3v) is 7.41. The van der Waals surface area contributed by atoms with E-state index in [-0.39, 0.29) is 22.1 Å². The highest BCUT2D eigenvalue weighted by Crippen LogP contribution is 2.36. The number of anilines is 1. The molecule has 11 heteroatoms. The predicted molar refractivity (Wildman–Crippen MR) is 102 cm³/mol. The Hall–Kier alpha value is -2.66. The van der Waals surface area contributed by atoms with E-state index in [9.17, 15) is 26.9 Å². The Labute approximate surface area is 162 Å². The fraction of sp³-hybridized carbons (Fsp3) is 0.294. The van der Waals surface area contributed by atoms with Gasteiger partial charge in [-0.05, 0) is 48.7 Å². The molecule has 0 radical (unpaired) electrons. The fourth-order valence-corrected chi connectivity index (χ4v) is 5.35. The van der Waals surface area contributed by atoms with E-state index >= 15 is 0 Å². The molecule has 0 saturated carbocycles. The standard InChI is InChI=1S/C17H18N2O7S2/c1-26-17-8-6-14(11-16(17)19(20)21)28(24,25)18-9-3-4-12-10-13(27(2,22)23)5-7-15(12)18/h5-8,10-11H,3-4,9H2,1-2H3. The molecule has 1 aliphatic rings. The number of aryl methyl sites for hydroxylation is 1. The molecule has 0 aromatic heterocycles. The highest BCUT2D eigenvalue weighted by atomic mass is 32.2. The Morgan fingerprint density at radius 3 is 2.36 bits per heavy atom. The van der Waals surface area contributed by atoms with Crippen LogP contribution in [-0.2, 0) is 26.3 Å². The molecule has 150 valence electrons. The van der Waals surface area contributed by atoms with E-state index in [1.54, 1.807) is 0 Å². The van der Waals surface area contributed by atoms with Crippen LogP contribution in [0.15, 0.2) is 46.2 Å². The third kappa shape index (κ3) is 3.54. The number of hydrogen-bond donors (Lipinski definition) is 0. The number of nitro groups is 1. The fourth-order valence-electron chi connectivity index (χ4n) is 3.12. The van der Waals surface area contributed by atoms with Crippen LogP contribution in [0.3, 0.4) is 0 Å². The van der Waals surface area contributed by atoms with Crippen LogP contribution < -0.4 is 9.04 Å². The van der Waals surface area contributed by atoms with Gasteiger partial charge in [0, 0.05) is 18.9 Å². The van der Waals surface area contributed by atoms with Crippen LogP contribution in [0, 0.1) is 10.1 Å². The van der Waals surface area contributed by atoms with Gasteiger partial charge in [0.2, 0.25) is 0 Å². The zero-order chi connectivity index (χ0) is 20.7. The molecule has 0 N–H and O–H groups in total. The molecule has 0 atom stereocenters. The first-order valence-electron chi connectivity index (χ1n) is 8.24.